The molecule has 0 radical (unpaired) electrons. The second-order valence-corrected chi connectivity index (χ2v) is 6.32. The van der Waals surface area contributed by atoms with Crippen LogP contribution in [0.25, 0.3) is 0 Å². The quantitative estimate of drug-likeness (QED) is 0.674. The average Bonchev–Trinajstić information content (AvgIpc) is 2.56. The number of imide groups is 1. The maximum atomic E-state index is 12.7. The van der Waals surface area contributed by atoms with E-state index in [1.54, 1.807) is 7.05 Å². The third-order valence-electron chi connectivity index (χ3n) is 5.06. The van der Waals surface area contributed by atoms with E-state index in [2.05, 4.69) is 11.1 Å². The number of aliphatic imine (C=N–C) groups is 1. The van der Waals surface area contributed by atoms with E-state index < -0.39 is 23.4 Å². The van der Waals surface area contributed by atoms with E-state index >= 15 is 0 Å². The zero-order chi connectivity index (χ0) is 17.6. The predicted octanol–water partition coefficient (Wildman–Crippen LogP) is 0.151. The van der Waals surface area contributed by atoms with Crippen molar-refractivity contribution in [3.63, 3.8) is 0 Å². The summed E-state index contributed by atoms with van der Waals surface area (Å²) in [6.07, 6.45) is 5.09. The second kappa shape index (κ2) is 5.37. The molecule has 0 aromatic heterocycles. The molecule has 24 heavy (non-hydrogen) atoms. The van der Waals surface area contributed by atoms with Crippen molar-refractivity contribution < 1.29 is 19.0 Å². The smallest absolute Gasteiger partial charge is 0.323 e. The van der Waals surface area contributed by atoms with Gasteiger partial charge >= 0.3 is 11.9 Å². The third-order valence-corrected chi connectivity index (χ3v) is 5.06. The average molecular weight is 328 g/mol. The summed E-state index contributed by atoms with van der Waals surface area (Å²) in [6.45, 7) is 0. The molecule has 2 heterocycles. The first kappa shape index (κ1) is 16.1. The number of amidine groups is 1. The summed E-state index contributed by atoms with van der Waals surface area (Å²) in [4.78, 5) is 43.6. The van der Waals surface area contributed by atoms with Crippen LogP contribution in [0.1, 0.15) is 19.3 Å². The molecular formula is C16H18N5O3+. The van der Waals surface area contributed by atoms with E-state index in [0.29, 0.717) is 18.7 Å². The number of amides is 4. The van der Waals surface area contributed by atoms with Crippen molar-refractivity contribution >= 4 is 29.9 Å². The van der Waals surface area contributed by atoms with Crippen LogP contribution < -0.4 is 0 Å². The van der Waals surface area contributed by atoms with Crippen LogP contribution in [0.3, 0.4) is 0 Å². The molecule has 0 N–H and O–H groups in total. The fourth-order valence-corrected chi connectivity index (χ4v) is 3.16. The summed E-state index contributed by atoms with van der Waals surface area (Å²) in [5.41, 5.74) is -0.507. The molecule has 0 saturated heterocycles. The van der Waals surface area contributed by atoms with Gasteiger partial charge in [0.1, 0.15) is 11.8 Å². The SMILES string of the molecule is CN1C(=O)C2C=C(C(=O)N(C)C3(C#N)CCC3)C=NC2=[N+](C)C1=O. The molecule has 1 unspecified atom stereocenters. The van der Waals surface area contributed by atoms with Crippen molar-refractivity contribution in [3.05, 3.63) is 11.6 Å². The number of hydrogen-bond donors (Lipinski definition) is 0. The molecule has 1 saturated carbocycles. The van der Waals surface area contributed by atoms with Gasteiger partial charge in [0, 0.05) is 7.05 Å². The van der Waals surface area contributed by atoms with E-state index in [1.165, 1.54) is 35.9 Å². The second-order valence-electron chi connectivity index (χ2n) is 6.32. The topological polar surface area (TPSA) is 96.8 Å². The standard InChI is InChI=1S/C16H18N5O3/c1-19-12-11(14(23)20(2)15(19)24)7-10(8-18-12)13(22)21(3)16(9-17)5-4-6-16/h7-8,11H,4-6H2,1-3H3/q+1. The van der Waals surface area contributed by atoms with E-state index in [9.17, 15) is 19.6 Å². The zero-order valence-corrected chi connectivity index (χ0v) is 13.8. The first-order valence-corrected chi connectivity index (χ1v) is 7.70. The molecule has 2 aliphatic heterocycles. The van der Waals surface area contributed by atoms with Crippen LogP contribution in [0.5, 0.6) is 0 Å². The van der Waals surface area contributed by atoms with Gasteiger partial charge in [-0.1, -0.05) is 0 Å². The number of likely N-dealkylation sites (N-methyl/N-ethyl adjacent to an activating group) is 1. The molecule has 4 amide bonds. The van der Waals surface area contributed by atoms with Gasteiger partial charge < -0.3 is 4.90 Å². The molecule has 1 aliphatic carbocycles. The van der Waals surface area contributed by atoms with Crippen LogP contribution in [0, 0.1) is 17.2 Å². The normalized spacial score (nSPS) is 24.8. The maximum absolute atomic E-state index is 12.7. The van der Waals surface area contributed by atoms with Gasteiger partial charge in [0.05, 0.1) is 25.7 Å². The number of carbonyl (C=O) groups is 3. The number of nitrogens with zero attached hydrogens (tertiary/aromatic N) is 5. The van der Waals surface area contributed by atoms with Gasteiger partial charge in [-0.2, -0.15) is 14.7 Å². The summed E-state index contributed by atoms with van der Waals surface area (Å²) < 4.78 is 1.30. The highest BCUT2D eigenvalue weighted by molar-refractivity contribution is 6.21. The van der Waals surface area contributed by atoms with Crippen LogP contribution in [0.15, 0.2) is 16.6 Å². The number of dihydropyridines is 1. The Morgan fingerprint density at radius 3 is 2.71 bits per heavy atom. The summed E-state index contributed by atoms with van der Waals surface area (Å²) in [7, 11) is 4.54. The Hall–Kier alpha value is -2.82. The van der Waals surface area contributed by atoms with E-state index in [1.807, 2.05) is 0 Å². The molecule has 1 fully saturated rings. The van der Waals surface area contributed by atoms with E-state index in [0.717, 1.165) is 11.3 Å². The molecule has 1 atom stereocenters. The molecule has 0 spiro atoms. The van der Waals surface area contributed by atoms with Gasteiger partial charge in [0.2, 0.25) is 0 Å². The number of carbonyl (C=O) groups excluding carboxylic acids is 3. The van der Waals surface area contributed by atoms with Crippen LogP contribution in [-0.2, 0) is 9.59 Å². The van der Waals surface area contributed by atoms with E-state index in [4.69, 9.17) is 0 Å². The molecule has 124 valence electrons. The molecule has 0 aromatic carbocycles. The van der Waals surface area contributed by atoms with Gasteiger partial charge in [0.15, 0.2) is 5.92 Å². The first-order chi connectivity index (χ1) is 11.3. The highest BCUT2D eigenvalue weighted by Crippen LogP contribution is 2.37. The Labute approximate surface area is 139 Å². The number of urea groups is 1. The van der Waals surface area contributed by atoms with Crippen molar-refractivity contribution in [1.29, 1.82) is 5.26 Å². The largest absolute Gasteiger partial charge is 0.445 e. The van der Waals surface area contributed by atoms with Crippen LogP contribution >= 0.6 is 0 Å². The highest BCUT2D eigenvalue weighted by Gasteiger charge is 2.47. The van der Waals surface area contributed by atoms with Crippen LogP contribution in [-0.4, -0.2) is 71.0 Å². The molecule has 8 nitrogen and oxygen atoms in total. The highest BCUT2D eigenvalue weighted by atomic mass is 16.2. The number of hydrogen-bond acceptors (Lipinski definition) is 5. The van der Waals surface area contributed by atoms with Crippen molar-refractivity contribution in [1.82, 2.24) is 9.80 Å². The lowest BCUT2D eigenvalue weighted by Gasteiger charge is -2.43. The lowest BCUT2D eigenvalue weighted by Crippen LogP contribution is -2.55. The van der Waals surface area contributed by atoms with Gasteiger partial charge in [-0.25, -0.2) is 4.79 Å². The van der Waals surface area contributed by atoms with Gasteiger partial charge in [-0.05, 0) is 25.3 Å². The van der Waals surface area contributed by atoms with E-state index in [-0.39, 0.29) is 11.5 Å². The Bertz CT molecular complexity index is 782. The minimum absolute atomic E-state index is 0.261. The first-order valence-electron chi connectivity index (χ1n) is 7.70. The minimum Gasteiger partial charge on any atom is -0.323 e. The summed E-state index contributed by atoms with van der Waals surface area (Å²) in [5, 5.41) is 9.38. The van der Waals surface area contributed by atoms with Crippen LogP contribution in [0.2, 0.25) is 0 Å². The lowest BCUT2D eigenvalue weighted by atomic mass is 9.76. The molecule has 8 heteroatoms. The molecular weight excluding hydrogens is 310 g/mol. The maximum Gasteiger partial charge on any atom is 0.445 e. The van der Waals surface area contributed by atoms with Gasteiger partial charge in [0.25, 0.3) is 11.7 Å². The van der Waals surface area contributed by atoms with Gasteiger partial charge in [-0.3, -0.25) is 9.59 Å². The summed E-state index contributed by atoms with van der Waals surface area (Å²) >= 11 is 0. The number of rotatable bonds is 2. The lowest BCUT2D eigenvalue weighted by molar-refractivity contribution is -0.407. The predicted molar refractivity (Wildman–Crippen MR) is 84.4 cm³/mol. The summed E-state index contributed by atoms with van der Waals surface area (Å²) in [5.74, 6) is -1.22. The summed E-state index contributed by atoms with van der Waals surface area (Å²) in [6, 6.07) is 1.76. The molecule has 3 rings (SSSR count). The minimum atomic E-state index is -0.769. The third kappa shape index (κ3) is 2.08. The monoisotopic (exact) mass is 328 g/mol. The van der Waals surface area contributed by atoms with Crippen molar-refractivity contribution in [2.24, 2.45) is 10.9 Å². The van der Waals surface area contributed by atoms with Crippen molar-refractivity contribution in [3.8, 4) is 6.07 Å². The Kier molecular flexibility index (Phi) is 3.59. The number of fused-ring (bicyclic) bond motifs is 1. The van der Waals surface area contributed by atoms with Crippen molar-refractivity contribution in [2.75, 3.05) is 21.1 Å². The Balaban J connectivity index is 1.93. The molecule has 3 aliphatic rings. The van der Waals surface area contributed by atoms with Crippen LogP contribution in [0.4, 0.5) is 4.79 Å². The fraction of sp³-hybridized carbons (Fsp3) is 0.500. The fourth-order valence-electron chi connectivity index (χ4n) is 3.16. The molecule has 0 bridgehead atoms. The Morgan fingerprint density at radius 2 is 2.17 bits per heavy atom. The Morgan fingerprint density at radius 1 is 1.50 bits per heavy atom. The van der Waals surface area contributed by atoms with Crippen molar-refractivity contribution in [2.45, 2.75) is 24.8 Å². The zero-order valence-electron chi connectivity index (χ0n) is 13.8. The molecule has 0 aromatic rings. The number of nitriles is 1. The van der Waals surface area contributed by atoms with Gasteiger partial charge in [-0.15, -0.1) is 4.99 Å².